The number of hydrogen-bond donors (Lipinski definition) is 1. The molecule has 1 heterocycles. The van der Waals surface area contributed by atoms with E-state index in [0.717, 1.165) is 0 Å². The van der Waals surface area contributed by atoms with Crippen LogP contribution in [0.1, 0.15) is 30.8 Å². The third kappa shape index (κ3) is 3.09. The summed E-state index contributed by atoms with van der Waals surface area (Å²) >= 11 is 0. The van der Waals surface area contributed by atoms with Crippen molar-refractivity contribution in [2.45, 2.75) is 26.3 Å². The molecule has 0 bridgehead atoms. The molecule has 94 valence electrons. The molecule has 5 heteroatoms. The minimum atomic E-state index is -0.893. The number of carbonyl (C=O) groups is 2. The number of carboxylic acids is 1. The normalized spacial score (nSPS) is 12.2. The number of carboxylic acid groups (broad SMARTS) is 1. The maximum atomic E-state index is 12.2. The Hall–Kier alpha value is -1.78. The quantitative estimate of drug-likeness (QED) is 0.842. The first kappa shape index (κ1) is 13.3. The standard InChI is InChI=1S/C12H18N2O3/c1-4-14(9(2)8-11(15)16)12(17)10-6-5-7-13(10)3/h5-7,9H,4,8H2,1-3H3,(H,15,16). The monoisotopic (exact) mass is 238 g/mol. The summed E-state index contributed by atoms with van der Waals surface area (Å²) in [5.74, 6) is -1.02. The number of aromatic nitrogens is 1. The largest absolute Gasteiger partial charge is 0.481 e. The van der Waals surface area contributed by atoms with Crippen molar-refractivity contribution < 1.29 is 14.7 Å². The van der Waals surface area contributed by atoms with Gasteiger partial charge in [-0.15, -0.1) is 0 Å². The Balaban J connectivity index is 2.84. The van der Waals surface area contributed by atoms with E-state index in [2.05, 4.69) is 0 Å². The van der Waals surface area contributed by atoms with Gasteiger partial charge >= 0.3 is 5.97 Å². The molecule has 1 aromatic heterocycles. The van der Waals surface area contributed by atoms with Crippen LogP contribution in [0.3, 0.4) is 0 Å². The number of rotatable bonds is 5. The van der Waals surface area contributed by atoms with Gasteiger partial charge in [0.25, 0.3) is 5.91 Å². The average molecular weight is 238 g/mol. The van der Waals surface area contributed by atoms with Crippen molar-refractivity contribution in [3.8, 4) is 0 Å². The van der Waals surface area contributed by atoms with E-state index in [0.29, 0.717) is 12.2 Å². The Labute approximate surface area is 101 Å². The third-order valence-electron chi connectivity index (χ3n) is 2.77. The molecule has 1 atom stereocenters. The Morgan fingerprint density at radius 1 is 1.53 bits per heavy atom. The van der Waals surface area contributed by atoms with Gasteiger partial charge in [-0.2, -0.15) is 0 Å². The Morgan fingerprint density at radius 3 is 2.59 bits per heavy atom. The van der Waals surface area contributed by atoms with Crippen LogP contribution in [-0.2, 0) is 11.8 Å². The highest BCUT2D eigenvalue weighted by molar-refractivity contribution is 5.93. The summed E-state index contributed by atoms with van der Waals surface area (Å²) in [6.07, 6.45) is 1.76. The maximum absolute atomic E-state index is 12.2. The van der Waals surface area contributed by atoms with E-state index in [9.17, 15) is 9.59 Å². The van der Waals surface area contributed by atoms with E-state index >= 15 is 0 Å². The summed E-state index contributed by atoms with van der Waals surface area (Å²) < 4.78 is 1.73. The van der Waals surface area contributed by atoms with E-state index in [1.165, 1.54) is 0 Å². The molecular formula is C12H18N2O3. The Kier molecular flexibility index (Phi) is 4.31. The molecule has 1 N–H and O–H groups in total. The molecule has 0 fully saturated rings. The van der Waals surface area contributed by atoms with Gasteiger partial charge in [-0.3, -0.25) is 9.59 Å². The van der Waals surface area contributed by atoms with Gasteiger partial charge in [-0.25, -0.2) is 0 Å². The minimum absolute atomic E-state index is 0.0377. The van der Waals surface area contributed by atoms with Crippen LogP contribution in [0.25, 0.3) is 0 Å². The summed E-state index contributed by atoms with van der Waals surface area (Å²) in [6.45, 7) is 4.09. The molecule has 0 aliphatic heterocycles. The smallest absolute Gasteiger partial charge is 0.305 e. The van der Waals surface area contributed by atoms with Crippen molar-refractivity contribution in [1.29, 1.82) is 0 Å². The number of aliphatic carboxylic acids is 1. The van der Waals surface area contributed by atoms with E-state index in [1.807, 2.05) is 6.92 Å². The summed E-state index contributed by atoms with van der Waals surface area (Å²) in [5.41, 5.74) is 0.573. The summed E-state index contributed by atoms with van der Waals surface area (Å²) in [4.78, 5) is 24.4. The van der Waals surface area contributed by atoms with Crippen LogP contribution in [0.4, 0.5) is 0 Å². The first-order chi connectivity index (χ1) is 7.97. The topological polar surface area (TPSA) is 62.5 Å². The predicted molar refractivity (Wildman–Crippen MR) is 63.8 cm³/mol. The fourth-order valence-electron chi connectivity index (χ4n) is 1.85. The minimum Gasteiger partial charge on any atom is -0.481 e. The van der Waals surface area contributed by atoms with Gasteiger partial charge in [-0.05, 0) is 26.0 Å². The zero-order chi connectivity index (χ0) is 13.0. The van der Waals surface area contributed by atoms with Crippen LogP contribution in [0, 0.1) is 0 Å². The zero-order valence-corrected chi connectivity index (χ0v) is 10.4. The van der Waals surface area contributed by atoms with Gasteiger partial charge < -0.3 is 14.6 Å². The highest BCUT2D eigenvalue weighted by Crippen LogP contribution is 2.11. The van der Waals surface area contributed by atoms with Gasteiger partial charge in [0.1, 0.15) is 5.69 Å². The highest BCUT2D eigenvalue weighted by atomic mass is 16.4. The van der Waals surface area contributed by atoms with E-state index in [4.69, 9.17) is 5.11 Å². The maximum Gasteiger partial charge on any atom is 0.305 e. The molecular weight excluding hydrogens is 220 g/mol. The first-order valence-electron chi connectivity index (χ1n) is 5.61. The average Bonchev–Trinajstić information content (AvgIpc) is 2.64. The van der Waals surface area contributed by atoms with Crippen LogP contribution in [0.5, 0.6) is 0 Å². The van der Waals surface area contributed by atoms with E-state index < -0.39 is 5.97 Å². The van der Waals surface area contributed by atoms with Crippen molar-refractivity contribution in [1.82, 2.24) is 9.47 Å². The highest BCUT2D eigenvalue weighted by Gasteiger charge is 2.23. The number of carbonyl (C=O) groups excluding carboxylic acids is 1. The molecule has 0 radical (unpaired) electrons. The Morgan fingerprint density at radius 2 is 2.18 bits per heavy atom. The lowest BCUT2D eigenvalue weighted by atomic mass is 10.2. The second-order valence-corrected chi connectivity index (χ2v) is 4.04. The van der Waals surface area contributed by atoms with Gasteiger partial charge in [0, 0.05) is 25.8 Å². The van der Waals surface area contributed by atoms with Crippen molar-refractivity contribution >= 4 is 11.9 Å². The molecule has 1 rings (SSSR count). The Bertz CT molecular complexity index is 412. The lowest BCUT2D eigenvalue weighted by Gasteiger charge is -2.27. The van der Waals surface area contributed by atoms with Gasteiger partial charge in [0.15, 0.2) is 0 Å². The molecule has 0 aromatic carbocycles. The fourth-order valence-corrected chi connectivity index (χ4v) is 1.85. The van der Waals surface area contributed by atoms with Crippen LogP contribution < -0.4 is 0 Å². The van der Waals surface area contributed by atoms with Crippen molar-refractivity contribution in [3.63, 3.8) is 0 Å². The fraction of sp³-hybridized carbons (Fsp3) is 0.500. The lowest BCUT2D eigenvalue weighted by molar-refractivity contribution is -0.138. The predicted octanol–water partition coefficient (Wildman–Crippen LogP) is 1.35. The van der Waals surface area contributed by atoms with Crippen LogP contribution in [-0.4, -0.2) is 39.0 Å². The first-order valence-corrected chi connectivity index (χ1v) is 5.61. The molecule has 17 heavy (non-hydrogen) atoms. The molecule has 0 aliphatic rings. The summed E-state index contributed by atoms with van der Waals surface area (Å²) in [7, 11) is 1.79. The van der Waals surface area contributed by atoms with Crippen molar-refractivity contribution in [3.05, 3.63) is 24.0 Å². The molecule has 0 saturated heterocycles. The van der Waals surface area contributed by atoms with Crippen LogP contribution in [0.2, 0.25) is 0 Å². The molecule has 0 aliphatic carbocycles. The molecule has 1 aromatic rings. The van der Waals surface area contributed by atoms with Gasteiger partial charge in [0.2, 0.25) is 0 Å². The molecule has 0 saturated carbocycles. The molecule has 0 spiro atoms. The molecule has 1 amide bonds. The summed E-state index contributed by atoms with van der Waals surface area (Å²) in [5, 5.41) is 8.75. The van der Waals surface area contributed by atoms with Crippen molar-refractivity contribution in [2.24, 2.45) is 7.05 Å². The number of hydrogen-bond acceptors (Lipinski definition) is 2. The second-order valence-electron chi connectivity index (χ2n) is 4.04. The number of nitrogens with zero attached hydrogens (tertiary/aromatic N) is 2. The number of amides is 1. The van der Waals surface area contributed by atoms with Gasteiger partial charge in [-0.1, -0.05) is 0 Å². The molecule has 5 nitrogen and oxygen atoms in total. The number of aryl methyl sites for hydroxylation is 1. The second kappa shape index (κ2) is 5.52. The lowest BCUT2D eigenvalue weighted by Crippen LogP contribution is -2.40. The van der Waals surface area contributed by atoms with E-state index in [1.54, 1.807) is 41.8 Å². The molecule has 1 unspecified atom stereocenters. The third-order valence-corrected chi connectivity index (χ3v) is 2.77. The summed E-state index contributed by atoms with van der Waals surface area (Å²) in [6, 6.07) is 3.22. The van der Waals surface area contributed by atoms with Crippen molar-refractivity contribution in [2.75, 3.05) is 6.54 Å². The SMILES string of the molecule is CCN(C(=O)c1cccn1C)C(C)CC(=O)O. The van der Waals surface area contributed by atoms with Gasteiger partial charge in [0.05, 0.1) is 6.42 Å². The van der Waals surface area contributed by atoms with Crippen LogP contribution >= 0.6 is 0 Å². The zero-order valence-electron chi connectivity index (χ0n) is 10.4. The van der Waals surface area contributed by atoms with Crippen LogP contribution in [0.15, 0.2) is 18.3 Å². The van der Waals surface area contributed by atoms with E-state index in [-0.39, 0.29) is 18.4 Å².